The average molecular weight is 617 g/mol. The minimum absolute atomic E-state index is 0.237. The molecule has 0 bridgehead atoms. The van der Waals surface area contributed by atoms with Gasteiger partial charge in [0, 0.05) is 6.04 Å². The molecule has 3 fully saturated rings. The molecule has 4 rings (SSSR count). The Morgan fingerprint density at radius 2 is 1.61 bits per heavy atom. The van der Waals surface area contributed by atoms with Gasteiger partial charge in [0.25, 0.3) is 0 Å². The van der Waals surface area contributed by atoms with Crippen LogP contribution < -0.4 is 21.7 Å². The Bertz CT molecular complexity index is 928. The van der Waals surface area contributed by atoms with Gasteiger partial charge in [0.05, 0.1) is 12.0 Å². The molecule has 0 aromatic carbocycles. The summed E-state index contributed by atoms with van der Waals surface area (Å²) in [6, 6.07) is 0.534. The third-order valence-electron chi connectivity index (χ3n) is 13.1. The summed E-state index contributed by atoms with van der Waals surface area (Å²) in [5, 5.41) is 31.9. The minimum atomic E-state index is -0.668. The fraction of sp³-hybridized carbons (Fsp3) is 0.919. The smallest absolute Gasteiger partial charge is 0.306 e. The fourth-order valence-electron chi connectivity index (χ4n) is 10.4. The van der Waals surface area contributed by atoms with Crippen LogP contribution in [0.4, 0.5) is 0 Å². The van der Waals surface area contributed by atoms with Crippen molar-refractivity contribution < 1.29 is 15.0 Å². The number of aliphatic hydroxyl groups is 1. The molecule has 0 spiro atoms. The van der Waals surface area contributed by atoms with Crippen LogP contribution in [0.1, 0.15) is 118 Å². The lowest BCUT2D eigenvalue weighted by Crippen LogP contribution is -2.55. The molecule has 0 amide bonds. The fourth-order valence-corrected chi connectivity index (χ4v) is 10.4. The van der Waals surface area contributed by atoms with E-state index in [4.69, 9.17) is 5.73 Å². The van der Waals surface area contributed by atoms with Gasteiger partial charge in [0.15, 0.2) is 0 Å². The molecule has 0 aliphatic heterocycles. The van der Waals surface area contributed by atoms with Crippen molar-refractivity contribution >= 4 is 5.97 Å². The molecule has 0 saturated heterocycles. The summed E-state index contributed by atoms with van der Waals surface area (Å²) in [5.74, 6) is 2.00. The third kappa shape index (κ3) is 8.48. The Labute approximate surface area is 269 Å². The lowest BCUT2D eigenvalue weighted by Gasteiger charge is -2.59. The van der Waals surface area contributed by atoms with Gasteiger partial charge in [-0.2, -0.15) is 0 Å². The zero-order valence-corrected chi connectivity index (χ0v) is 28.7. The van der Waals surface area contributed by atoms with Gasteiger partial charge in [-0.1, -0.05) is 52.2 Å². The van der Waals surface area contributed by atoms with Gasteiger partial charge >= 0.3 is 5.97 Å². The van der Waals surface area contributed by atoms with Gasteiger partial charge in [0.2, 0.25) is 0 Å². The van der Waals surface area contributed by atoms with Crippen LogP contribution in [0.25, 0.3) is 0 Å². The summed E-state index contributed by atoms with van der Waals surface area (Å²) in [5.41, 5.74) is 7.61. The van der Waals surface area contributed by atoms with Crippen LogP contribution in [0.3, 0.4) is 0 Å². The number of nitrogens with two attached hydrogens (primary N) is 1. The number of hydrogen-bond donors (Lipinski definition) is 6. The van der Waals surface area contributed by atoms with Crippen molar-refractivity contribution in [2.24, 2.45) is 52.1 Å². The first-order valence-electron chi connectivity index (χ1n) is 18.6. The van der Waals surface area contributed by atoms with E-state index in [1.54, 1.807) is 0 Å². The zero-order chi connectivity index (χ0) is 31.7. The number of aliphatic hydroxyl groups excluding tert-OH is 1. The number of carbonyl (C=O) groups is 1. The summed E-state index contributed by atoms with van der Waals surface area (Å²) < 4.78 is 0. The monoisotopic (exact) mass is 617 g/mol. The van der Waals surface area contributed by atoms with Crippen molar-refractivity contribution in [3.63, 3.8) is 0 Å². The molecule has 3 saturated carbocycles. The van der Waals surface area contributed by atoms with Crippen molar-refractivity contribution in [3.05, 3.63) is 11.6 Å². The molecule has 0 aromatic rings. The Balaban J connectivity index is 1.22. The first kappa shape index (κ1) is 35.9. The molecule has 0 heterocycles. The second-order valence-corrected chi connectivity index (χ2v) is 15.9. The summed E-state index contributed by atoms with van der Waals surface area (Å²) in [6.07, 6.45) is 18.2. The number of hydrogen-bond acceptors (Lipinski definition) is 6. The highest BCUT2D eigenvalue weighted by Gasteiger charge is 2.61. The molecule has 0 radical (unpaired) electrons. The van der Waals surface area contributed by atoms with Gasteiger partial charge in [-0.3, -0.25) is 4.79 Å². The number of fused-ring (bicyclic) bond motifs is 5. The molecule has 4 aliphatic carbocycles. The first-order valence-corrected chi connectivity index (χ1v) is 18.6. The van der Waals surface area contributed by atoms with E-state index < -0.39 is 5.97 Å². The number of aliphatic carboxylic acids is 1. The van der Waals surface area contributed by atoms with Crippen LogP contribution in [0, 0.1) is 46.3 Å². The highest BCUT2D eigenvalue weighted by atomic mass is 16.4. The van der Waals surface area contributed by atoms with E-state index in [9.17, 15) is 15.0 Å². The standard InChI is InChI=1S/C37H68N4O3/c1-26(10-7-11-27(2)35(43)44)30-12-13-31-34-32(15-17-37(30,31)4)36(3)16-14-29(24-28(36)25-33(34)42)41-23-9-22-40-20-6-5-19-39-21-8-18-38/h25-27,29-34,39-42H,5-24,38H2,1-4H3,(H,43,44)/t26-,27-,29+,30-,31?,32?,33-,34?,36+,37-/m1/s1. The molecule has 7 heteroatoms. The summed E-state index contributed by atoms with van der Waals surface area (Å²) in [7, 11) is 0. The number of unbranched alkanes of at least 4 members (excludes halogenated alkanes) is 1. The Hall–Kier alpha value is -0.990. The molecule has 0 aromatic heterocycles. The van der Waals surface area contributed by atoms with Crippen molar-refractivity contribution in [2.45, 2.75) is 130 Å². The van der Waals surface area contributed by atoms with Crippen LogP contribution in [-0.4, -0.2) is 67.6 Å². The molecule has 7 N–H and O–H groups in total. The van der Waals surface area contributed by atoms with Crippen LogP contribution in [0.5, 0.6) is 0 Å². The van der Waals surface area contributed by atoms with E-state index in [0.717, 1.165) is 77.8 Å². The van der Waals surface area contributed by atoms with Gasteiger partial charge in [0.1, 0.15) is 0 Å². The molecular weight excluding hydrogens is 548 g/mol. The van der Waals surface area contributed by atoms with E-state index >= 15 is 0 Å². The molecule has 4 aliphatic rings. The van der Waals surface area contributed by atoms with Crippen molar-refractivity contribution in [2.75, 3.05) is 39.3 Å². The summed E-state index contributed by atoms with van der Waals surface area (Å²) in [4.78, 5) is 11.3. The molecule has 7 nitrogen and oxygen atoms in total. The lowest BCUT2D eigenvalue weighted by molar-refractivity contribution is -0.141. The Morgan fingerprint density at radius 1 is 0.909 bits per heavy atom. The quantitative estimate of drug-likeness (QED) is 0.0812. The highest BCUT2D eigenvalue weighted by Crippen LogP contribution is 2.67. The van der Waals surface area contributed by atoms with Crippen molar-refractivity contribution in [3.8, 4) is 0 Å². The molecular formula is C37H68N4O3. The van der Waals surface area contributed by atoms with E-state index in [2.05, 4.69) is 42.8 Å². The van der Waals surface area contributed by atoms with Crippen molar-refractivity contribution in [1.82, 2.24) is 16.0 Å². The number of carboxylic acid groups (broad SMARTS) is 1. The number of rotatable bonds is 19. The second-order valence-electron chi connectivity index (χ2n) is 15.9. The normalized spacial score (nSPS) is 36.2. The topological polar surface area (TPSA) is 120 Å². The zero-order valence-electron chi connectivity index (χ0n) is 28.7. The van der Waals surface area contributed by atoms with E-state index in [1.807, 2.05) is 6.92 Å². The highest BCUT2D eigenvalue weighted by molar-refractivity contribution is 5.69. The van der Waals surface area contributed by atoms with Gasteiger partial charge in [-0.25, -0.2) is 0 Å². The molecule has 254 valence electrons. The van der Waals surface area contributed by atoms with Gasteiger partial charge in [-0.05, 0) is 157 Å². The average Bonchev–Trinajstić information content (AvgIpc) is 3.35. The largest absolute Gasteiger partial charge is 0.481 e. The van der Waals surface area contributed by atoms with Crippen LogP contribution >= 0.6 is 0 Å². The Morgan fingerprint density at radius 3 is 2.32 bits per heavy atom. The predicted octanol–water partition coefficient (Wildman–Crippen LogP) is 5.72. The van der Waals surface area contributed by atoms with E-state index in [0.29, 0.717) is 41.0 Å². The lowest BCUT2D eigenvalue weighted by atomic mass is 9.46. The maximum atomic E-state index is 11.7. The third-order valence-corrected chi connectivity index (χ3v) is 13.1. The number of carboxylic acids is 1. The van der Waals surface area contributed by atoms with Gasteiger partial charge < -0.3 is 31.9 Å². The van der Waals surface area contributed by atoms with Crippen LogP contribution in [0.15, 0.2) is 11.6 Å². The van der Waals surface area contributed by atoms with Crippen molar-refractivity contribution in [1.29, 1.82) is 0 Å². The maximum Gasteiger partial charge on any atom is 0.306 e. The van der Waals surface area contributed by atoms with Crippen LogP contribution in [0.2, 0.25) is 0 Å². The van der Waals surface area contributed by atoms with Gasteiger partial charge in [-0.15, -0.1) is 0 Å². The Kier molecular flexibility index (Phi) is 13.6. The minimum Gasteiger partial charge on any atom is -0.481 e. The maximum absolute atomic E-state index is 11.7. The second kappa shape index (κ2) is 16.7. The summed E-state index contributed by atoms with van der Waals surface area (Å²) >= 11 is 0. The first-order chi connectivity index (χ1) is 21.1. The van der Waals surface area contributed by atoms with Crippen LogP contribution in [-0.2, 0) is 4.79 Å². The molecule has 10 atom stereocenters. The van der Waals surface area contributed by atoms with E-state index in [-0.39, 0.29) is 17.4 Å². The number of nitrogens with one attached hydrogen (secondary N) is 3. The molecule has 44 heavy (non-hydrogen) atoms. The molecule has 3 unspecified atom stereocenters. The SMILES string of the molecule is C[C@H](CCC[C@@H](C)[C@H]1CCC2C3C(CC[C@@]21C)[C@@]1(C)CC[C@H](NCCCNCCCCNCCCN)CC1=C[C@H]3O)C(=O)O. The van der Waals surface area contributed by atoms with E-state index in [1.165, 1.54) is 56.9 Å². The predicted molar refractivity (Wildman–Crippen MR) is 181 cm³/mol. The summed E-state index contributed by atoms with van der Waals surface area (Å²) in [6.45, 7) is 15.5.